The number of unbranched alkanes of at least 4 members (excludes halogenated alkanes) is 2. The van der Waals surface area contributed by atoms with Gasteiger partial charge in [-0.25, -0.2) is 0 Å². The Labute approximate surface area is 271 Å². The molecule has 4 aromatic rings. The van der Waals surface area contributed by atoms with E-state index in [1.165, 1.54) is 5.56 Å². The number of nitrogens with zero attached hydrogens (tertiary/aromatic N) is 2. The molecule has 0 bridgehead atoms. The number of rotatable bonds is 13. The highest BCUT2D eigenvalue weighted by molar-refractivity contribution is 6.01. The molecule has 1 atom stereocenters. The van der Waals surface area contributed by atoms with Crippen molar-refractivity contribution in [2.24, 2.45) is 0 Å². The normalized spacial score (nSPS) is 18.2. The van der Waals surface area contributed by atoms with Crippen LogP contribution in [-0.2, 0) is 38.6 Å². The van der Waals surface area contributed by atoms with Crippen molar-refractivity contribution in [2.45, 2.75) is 69.6 Å². The Hall–Kier alpha value is -4.43. The number of hydrogen-bond donors (Lipinski definition) is 2. The summed E-state index contributed by atoms with van der Waals surface area (Å²) in [5, 5.41) is 4.06. The first-order valence-corrected chi connectivity index (χ1v) is 16.7. The van der Waals surface area contributed by atoms with Crippen LogP contribution < -0.4 is 5.32 Å². The molecule has 6 rings (SSSR count). The second-order valence-corrected chi connectivity index (χ2v) is 12.6. The summed E-state index contributed by atoms with van der Waals surface area (Å²) in [6.45, 7) is 3.04. The fourth-order valence-electron chi connectivity index (χ4n) is 7.00. The number of carbonyl (C=O) groups is 3. The SMILES string of the molecule is O=C(CC1NC(=O)C2(CCN(CCCCCc3ccccc3)CC2)N(CCc2c[nH]c3ccccc23)C1=O)OCc1ccccc1. The summed E-state index contributed by atoms with van der Waals surface area (Å²) >= 11 is 0. The van der Waals surface area contributed by atoms with E-state index in [-0.39, 0.29) is 24.8 Å². The van der Waals surface area contributed by atoms with E-state index in [4.69, 9.17) is 4.74 Å². The number of likely N-dealkylation sites (tertiary alicyclic amines) is 1. The lowest BCUT2D eigenvalue weighted by Crippen LogP contribution is -2.73. The Kier molecular flexibility index (Phi) is 10.1. The molecule has 2 aliphatic heterocycles. The number of piperazine rings is 1. The fourth-order valence-corrected chi connectivity index (χ4v) is 7.00. The van der Waals surface area contributed by atoms with E-state index < -0.39 is 17.6 Å². The van der Waals surface area contributed by atoms with Gasteiger partial charge in [0.15, 0.2) is 0 Å². The van der Waals surface area contributed by atoms with Crippen LogP contribution in [0, 0.1) is 0 Å². The van der Waals surface area contributed by atoms with Crippen LogP contribution in [0.3, 0.4) is 0 Å². The van der Waals surface area contributed by atoms with E-state index in [0.29, 0.717) is 25.8 Å². The Morgan fingerprint density at radius 1 is 0.804 bits per heavy atom. The predicted molar refractivity (Wildman–Crippen MR) is 179 cm³/mol. The van der Waals surface area contributed by atoms with Crippen LogP contribution in [0.15, 0.2) is 91.1 Å². The lowest BCUT2D eigenvalue weighted by atomic mass is 9.81. The number of benzene rings is 3. The summed E-state index contributed by atoms with van der Waals surface area (Å²) in [5.74, 6) is -0.864. The van der Waals surface area contributed by atoms with Gasteiger partial charge in [-0.3, -0.25) is 14.4 Å². The molecule has 1 spiro atoms. The quantitative estimate of drug-likeness (QED) is 0.154. The number of piperidine rings is 1. The van der Waals surface area contributed by atoms with Gasteiger partial charge < -0.3 is 24.8 Å². The van der Waals surface area contributed by atoms with Gasteiger partial charge >= 0.3 is 5.97 Å². The molecule has 0 radical (unpaired) electrons. The summed E-state index contributed by atoms with van der Waals surface area (Å²) in [6, 6.07) is 27.2. The van der Waals surface area contributed by atoms with Crippen LogP contribution in [0.25, 0.3) is 10.9 Å². The Morgan fingerprint density at radius 2 is 1.50 bits per heavy atom. The number of amides is 2. The maximum atomic E-state index is 14.1. The summed E-state index contributed by atoms with van der Waals surface area (Å²) < 4.78 is 5.48. The molecule has 2 saturated heterocycles. The van der Waals surface area contributed by atoms with Crippen LogP contribution in [-0.4, -0.2) is 70.3 Å². The van der Waals surface area contributed by atoms with Crippen molar-refractivity contribution >= 4 is 28.7 Å². The van der Waals surface area contributed by atoms with E-state index in [0.717, 1.165) is 67.3 Å². The van der Waals surface area contributed by atoms with Gasteiger partial charge in [-0.2, -0.15) is 0 Å². The molecule has 240 valence electrons. The highest BCUT2D eigenvalue weighted by atomic mass is 16.5. The number of para-hydroxylation sites is 1. The van der Waals surface area contributed by atoms with Crippen LogP contribution >= 0.6 is 0 Å². The minimum atomic E-state index is -0.938. The number of fused-ring (bicyclic) bond motifs is 1. The van der Waals surface area contributed by atoms with Gasteiger partial charge in [0.1, 0.15) is 18.2 Å². The number of carbonyl (C=O) groups excluding carboxylic acids is 3. The molecule has 0 saturated carbocycles. The number of aromatic nitrogens is 1. The van der Waals surface area contributed by atoms with Crippen LogP contribution in [0.5, 0.6) is 0 Å². The van der Waals surface area contributed by atoms with E-state index in [1.54, 1.807) is 4.90 Å². The number of aryl methyl sites for hydroxylation is 1. The standard InChI is InChI=1S/C38H44N4O4/c43-35(46-28-30-15-6-2-7-16-30)26-34-36(44)42(23-19-31-27-39-33-18-10-9-17-32(31)33)38(37(45)40-34)20-24-41(25-21-38)22-11-3-8-14-29-12-4-1-5-13-29/h1-2,4-7,9-10,12-13,15-18,27,34,39H,3,8,11,14,19-26,28H2,(H,40,45). The lowest BCUT2D eigenvalue weighted by molar-refractivity contribution is -0.163. The zero-order valence-corrected chi connectivity index (χ0v) is 26.5. The molecule has 3 heterocycles. The third kappa shape index (κ3) is 7.34. The van der Waals surface area contributed by atoms with E-state index in [9.17, 15) is 14.4 Å². The molecule has 8 heteroatoms. The molecule has 46 heavy (non-hydrogen) atoms. The average molecular weight is 621 g/mol. The van der Waals surface area contributed by atoms with E-state index in [2.05, 4.69) is 51.6 Å². The number of hydrogen-bond acceptors (Lipinski definition) is 5. The second-order valence-electron chi connectivity index (χ2n) is 12.6. The zero-order chi connectivity index (χ0) is 31.8. The van der Waals surface area contributed by atoms with Crippen LogP contribution in [0.4, 0.5) is 0 Å². The maximum Gasteiger partial charge on any atom is 0.308 e. The highest BCUT2D eigenvalue weighted by Crippen LogP contribution is 2.34. The smallest absolute Gasteiger partial charge is 0.308 e. The minimum absolute atomic E-state index is 0.130. The van der Waals surface area contributed by atoms with Gasteiger partial charge in [-0.05, 0) is 67.8 Å². The average Bonchev–Trinajstić information content (AvgIpc) is 3.51. The van der Waals surface area contributed by atoms with Crippen molar-refractivity contribution in [3.05, 3.63) is 108 Å². The van der Waals surface area contributed by atoms with E-state index in [1.807, 2.05) is 54.7 Å². The Morgan fingerprint density at radius 3 is 2.26 bits per heavy atom. The molecule has 8 nitrogen and oxygen atoms in total. The second kappa shape index (κ2) is 14.8. The number of H-pyrrole nitrogens is 1. The Balaban J connectivity index is 1.09. The first kappa shape index (κ1) is 31.5. The van der Waals surface area contributed by atoms with Gasteiger partial charge in [0.25, 0.3) is 0 Å². The molecule has 2 fully saturated rings. The molecule has 1 unspecified atom stereocenters. The minimum Gasteiger partial charge on any atom is -0.461 e. The van der Waals surface area contributed by atoms with Gasteiger partial charge in [0, 0.05) is 36.7 Å². The maximum absolute atomic E-state index is 14.1. The first-order chi connectivity index (χ1) is 22.5. The van der Waals surface area contributed by atoms with Crippen molar-refractivity contribution in [2.75, 3.05) is 26.2 Å². The highest BCUT2D eigenvalue weighted by Gasteiger charge is 2.53. The van der Waals surface area contributed by atoms with Crippen molar-refractivity contribution in [1.82, 2.24) is 20.1 Å². The van der Waals surface area contributed by atoms with Crippen molar-refractivity contribution in [1.29, 1.82) is 0 Å². The topological polar surface area (TPSA) is 94.7 Å². The Bertz CT molecular complexity index is 1610. The fraction of sp³-hybridized carbons (Fsp3) is 0.395. The summed E-state index contributed by atoms with van der Waals surface area (Å²) in [4.78, 5) is 48.4. The zero-order valence-electron chi connectivity index (χ0n) is 26.5. The van der Waals surface area contributed by atoms with E-state index >= 15 is 0 Å². The number of ether oxygens (including phenoxy) is 1. The number of nitrogens with one attached hydrogen (secondary N) is 2. The summed E-state index contributed by atoms with van der Waals surface area (Å²) in [5.41, 5.74) is 3.49. The largest absolute Gasteiger partial charge is 0.461 e. The number of esters is 1. The van der Waals surface area contributed by atoms with Crippen molar-refractivity contribution < 1.29 is 19.1 Å². The van der Waals surface area contributed by atoms with Crippen molar-refractivity contribution in [3.8, 4) is 0 Å². The van der Waals surface area contributed by atoms with Crippen LogP contribution in [0.2, 0.25) is 0 Å². The predicted octanol–water partition coefficient (Wildman–Crippen LogP) is 5.42. The third-order valence-corrected chi connectivity index (χ3v) is 9.67. The molecule has 0 aliphatic carbocycles. The van der Waals surface area contributed by atoms with Gasteiger partial charge in [-0.1, -0.05) is 85.3 Å². The lowest BCUT2D eigenvalue weighted by Gasteiger charge is -2.51. The third-order valence-electron chi connectivity index (χ3n) is 9.67. The van der Waals surface area contributed by atoms with Gasteiger partial charge in [0.05, 0.1) is 6.42 Å². The molecule has 1 aromatic heterocycles. The monoisotopic (exact) mass is 620 g/mol. The molecule has 3 aromatic carbocycles. The summed E-state index contributed by atoms with van der Waals surface area (Å²) in [6.07, 6.45) is 8.10. The molecular weight excluding hydrogens is 576 g/mol. The first-order valence-electron chi connectivity index (χ1n) is 16.7. The van der Waals surface area contributed by atoms with Crippen LogP contribution in [0.1, 0.15) is 55.2 Å². The van der Waals surface area contributed by atoms with Gasteiger partial charge in [-0.15, -0.1) is 0 Å². The molecular formula is C38H44N4O4. The summed E-state index contributed by atoms with van der Waals surface area (Å²) in [7, 11) is 0. The molecule has 2 aliphatic rings. The number of aromatic amines is 1. The molecule has 2 N–H and O–H groups in total. The van der Waals surface area contributed by atoms with Crippen molar-refractivity contribution in [3.63, 3.8) is 0 Å². The molecule has 2 amide bonds. The van der Waals surface area contributed by atoms with Gasteiger partial charge in [0.2, 0.25) is 11.8 Å².